The Morgan fingerprint density at radius 3 is 2.68 bits per heavy atom. The van der Waals surface area contributed by atoms with Crippen LogP contribution in [0.15, 0.2) is 30.7 Å². The number of carbonyl (C=O) groups excluding carboxylic acids is 1. The Morgan fingerprint density at radius 2 is 1.97 bits per heavy atom. The third kappa shape index (κ3) is 5.19. The second kappa shape index (κ2) is 9.79. The number of hydrogen-bond acceptors (Lipinski definition) is 9. The highest BCUT2D eigenvalue weighted by Crippen LogP contribution is 2.30. The third-order valence-corrected chi connectivity index (χ3v) is 7.09. The number of likely N-dealkylation sites (N-methyl/N-ethyl adjacent to an activating group) is 1. The predicted octanol–water partition coefficient (Wildman–Crippen LogP) is 2.63. The number of nitrogens with zero attached hydrogens (tertiary/aromatic N) is 6. The Kier molecular flexibility index (Phi) is 6.67. The molecule has 0 unspecified atom stereocenters. The van der Waals surface area contributed by atoms with Gasteiger partial charge in [-0.25, -0.2) is 14.4 Å². The number of likely N-dealkylation sites (tertiary alicyclic amines) is 1. The lowest BCUT2D eigenvalue weighted by atomic mass is 9.94. The van der Waals surface area contributed by atoms with E-state index in [1.807, 2.05) is 13.1 Å². The zero-order chi connectivity index (χ0) is 26.3. The summed E-state index contributed by atoms with van der Waals surface area (Å²) in [5, 5.41) is 17.8. The van der Waals surface area contributed by atoms with Crippen molar-refractivity contribution >= 4 is 34.3 Å². The minimum absolute atomic E-state index is 0.0125. The van der Waals surface area contributed by atoms with Gasteiger partial charge in [0.15, 0.2) is 5.67 Å². The first-order valence-corrected chi connectivity index (χ1v) is 12.6. The van der Waals surface area contributed by atoms with Crippen LogP contribution >= 0.6 is 0 Å². The van der Waals surface area contributed by atoms with Gasteiger partial charge < -0.3 is 25.5 Å². The summed E-state index contributed by atoms with van der Waals surface area (Å²) in [6.45, 7) is 7.68. The maximum atomic E-state index is 14.7. The largest absolute Gasteiger partial charge is 0.390 e. The minimum atomic E-state index is -1.73. The normalized spacial score (nSPS) is 22.8. The first-order chi connectivity index (χ1) is 17.6. The summed E-state index contributed by atoms with van der Waals surface area (Å²) in [5.41, 5.74) is -0.359. The van der Waals surface area contributed by atoms with Crippen LogP contribution < -0.4 is 15.5 Å². The van der Waals surface area contributed by atoms with E-state index in [1.165, 1.54) is 6.92 Å². The smallest absolute Gasteiger partial charge is 0.270 e. The molecule has 0 bridgehead atoms. The molecule has 2 saturated heterocycles. The van der Waals surface area contributed by atoms with Crippen LogP contribution in [0.3, 0.4) is 0 Å². The molecule has 0 radical (unpaired) electrons. The molecule has 2 atom stereocenters. The molecular weight excluding hydrogens is 475 g/mol. The second-order valence-electron chi connectivity index (χ2n) is 10.6. The molecule has 11 heteroatoms. The summed E-state index contributed by atoms with van der Waals surface area (Å²) >= 11 is 0. The SMILES string of the molecule is CC(C)c1cnc(C(=O)NC2CN(C)C2)c2cnc(Nc3ccnc(N4CC[C@@H](O)[C@@](C)(F)C4)n3)cc12. The number of anilines is 3. The van der Waals surface area contributed by atoms with Crippen LogP contribution in [0.2, 0.25) is 0 Å². The van der Waals surface area contributed by atoms with Gasteiger partial charge in [0, 0.05) is 43.6 Å². The number of carbonyl (C=O) groups is 1. The van der Waals surface area contributed by atoms with E-state index < -0.39 is 11.8 Å². The van der Waals surface area contributed by atoms with Crippen molar-refractivity contribution < 1.29 is 14.3 Å². The molecule has 0 spiro atoms. The highest BCUT2D eigenvalue weighted by Gasteiger charge is 2.39. The van der Waals surface area contributed by atoms with Crippen LogP contribution in [0.25, 0.3) is 10.8 Å². The van der Waals surface area contributed by atoms with E-state index in [4.69, 9.17) is 0 Å². The van der Waals surface area contributed by atoms with E-state index in [9.17, 15) is 14.3 Å². The molecule has 3 aromatic heterocycles. The molecule has 37 heavy (non-hydrogen) atoms. The molecule has 0 aromatic carbocycles. The molecule has 3 aromatic rings. The topological polar surface area (TPSA) is 119 Å². The number of halogens is 1. The Labute approximate surface area is 215 Å². The summed E-state index contributed by atoms with van der Waals surface area (Å²) in [4.78, 5) is 34.7. The van der Waals surface area contributed by atoms with E-state index in [0.29, 0.717) is 41.6 Å². The van der Waals surface area contributed by atoms with Gasteiger partial charge in [-0.3, -0.25) is 9.78 Å². The molecule has 196 valence electrons. The van der Waals surface area contributed by atoms with Crippen molar-refractivity contribution in [1.82, 2.24) is 30.2 Å². The number of hydrogen-bond donors (Lipinski definition) is 3. The Balaban J connectivity index is 1.41. The Bertz CT molecular complexity index is 1310. The fraction of sp³-hybridized carbons (Fsp3) is 0.500. The van der Waals surface area contributed by atoms with E-state index >= 15 is 0 Å². The van der Waals surface area contributed by atoms with E-state index in [-0.39, 0.29) is 24.4 Å². The monoisotopic (exact) mass is 508 g/mol. The second-order valence-corrected chi connectivity index (χ2v) is 10.6. The number of fused-ring (bicyclic) bond motifs is 1. The van der Waals surface area contributed by atoms with Gasteiger partial charge in [-0.1, -0.05) is 13.8 Å². The number of amides is 1. The van der Waals surface area contributed by atoms with Crippen molar-refractivity contribution in [3.05, 3.63) is 42.0 Å². The summed E-state index contributed by atoms with van der Waals surface area (Å²) in [6, 6.07) is 3.74. The molecule has 2 aliphatic heterocycles. The number of piperidine rings is 1. The molecule has 5 rings (SSSR count). The molecule has 0 aliphatic carbocycles. The zero-order valence-electron chi connectivity index (χ0n) is 21.6. The van der Waals surface area contributed by atoms with Crippen LogP contribution in [0.1, 0.15) is 49.2 Å². The number of nitrogens with one attached hydrogen (secondary N) is 2. The number of aromatic nitrogens is 4. The molecule has 0 saturated carbocycles. The predicted molar refractivity (Wildman–Crippen MR) is 140 cm³/mol. The van der Waals surface area contributed by atoms with Crippen molar-refractivity contribution in [3.8, 4) is 0 Å². The van der Waals surface area contributed by atoms with Gasteiger partial charge in [0.2, 0.25) is 5.95 Å². The molecule has 2 fully saturated rings. The zero-order valence-corrected chi connectivity index (χ0v) is 21.6. The van der Waals surface area contributed by atoms with Gasteiger partial charge in [0.1, 0.15) is 17.3 Å². The number of rotatable bonds is 6. The van der Waals surface area contributed by atoms with Gasteiger partial charge in [-0.15, -0.1) is 0 Å². The first-order valence-electron chi connectivity index (χ1n) is 12.6. The van der Waals surface area contributed by atoms with E-state index in [2.05, 4.69) is 49.3 Å². The van der Waals surface area contributed by atoms with Crippen LogP contribution in [0, 0.1) is 0 Å². The molecule has 1 amide bonds. The van der Waals surface area contributed by atoms with Gasteiger partial charge in [0.25, 0.3) is 5.91 Å². The van der Waals surface area contributed by atoms with Crippen LogP contribution in [-0.2, 0) is 0 Å². The van der Waals surface area contributed by atoms with Crippen molar-refractivity contribution in [1.29, 1.82) is 0 Å². The number of pyridine rings is 2. The van der Waals surface area contributed by atoms with Crippen molar-refractivity contribution in [2.24, 2.45) is 0 Å². The summed E-state index contributed by atoms with van der Waals surface area (Å²) in [7, 11) is 2.02. The lowest BCUT2D eigenvalue weighted by Gasteiger charge is -2.38. The van der Waals surface area contributed by atoms with Crippen LogP contribution in [0.5, 0.6) is 0 Å². The fourth-order valence-corrected chi connectivity index (χ4v) is 4.92. The molecule has 5 heterocycles. The van der Waals surface area contributed by atoms with E-state index in [0.717, 1.165) is 24.0 Å². The fourth-order valence-electron chi connectivity index (χ4n) is 4.92. The molecule has 10 nitrogen and oxygen atoms in total. The van der Waals surface area contributed by atoms with Crippen molar-refractivity contribution in [2.45, 2.75) is 50.9 Å². The van der Waals surface area contributed by atoms with Gasteiger partial charge in [-0.05, 0) is 49.4 Å². The third-order valence-electron chi connectivity index (χ3n) is 7.09. The van der Waals surface area contributed by atoms with Gasteiger partial charge >= 0.3 is 0 Å². The van der Waals surface area contributed by atoms with Crippen molar-refractivity contribution in [2.75, 3.05) is 43.4 Å². The number of aliphatic hydroxyl groups is 1. The Morgan fingerprint density at radius 1 is 1.19 bits per heavy atom. The highest BCUT2D eigenvalue weighted by molar-refractivity contribution is 6.06. The maximum Gasteiger partial charge on any atom is 0.270 e. The standard InChI is InChI=1S/C26H33FN8O2/c1-15(2)18-10-30-23(24(37)31-16-12-34(4)13-16)19-11-29-22(9-17(18)19)32-21-5-7-28-25(33-21)35-8-6-20(36)26(3,27)14-35/h5,7,9-11,15-16,20,36H,6,8,12-14H2,1-4H3,(H,31,37)(H,28,29,32,33)/t20-,26+/m1/s1. The average Bonchev–Trinajstić information content (AvgIpc) is 2.84. The van der Waals surface area contributed by atoms with Crippen LogP contribution in [-0.4, -0.2) is 86.9 Å². The summed E-state index contributed by atoms with van der Waals surface area (Å²) in [5.74, 6) is 1.44. The summed E-state index contributed by atoms with van der Waals surface area (Å²) in [6.07, 6.45) is 4.34. The number of alkyl halides is 1. The quantitative estimate of drug-likeness (QED) is 0.462. The lowest BCUT2D eigenvalue weighted by molar-refractivity contribution is -0.00860. The number of aliphatic hydroxyl groups excluding tert-OH is 1. The van der Waals surface area contributed by atoms with Gasteiger partial charge in [0.05, 0.1) is 18.7 Å². The van der Waals surface area contributed by atoms with Crippen molar-refractivity contribution in [3.63, 3.8) is 0 Å². The Hall–Kier alpha value is -3.44. The lowest BCUT2D eigenvalue weighted by Crippen LogP contribution is -2.57. The average molecular weight is 509 g/mol. The highest BCUT2D eigenvalue weighted by atomic mass is 19.1. The maximum absolute atomic E-state index is 14.7. The minimum Gasteiger partial charge on any atom is -0.390 e. The molecule has 2 aliphatic rings. The summed E-state index contributed by atoms with van der Waals surface area (Å²) < 4.78 is 14.7. The molecular formula is C26H33FN8O2. The first kappa shape index (κ1) is 25.2. The van der Waals surface area contributed by atoms with Gasteiger partial charge in [-0.2, -0.15) is 4.98 Å². The molecule has 3 N–H and O–H groups in total. The van der Waals surface area contributed by atoms with Crippen LogP contribution in [0.4, 0.5) is 22.0 Å². The van der Waals surface area contributed by atoms with E-state index in [1.54, 1.807) is 29.6 Å².